The summed E-state index contributed by atoms with van der Waals surface area (Å²) in [5, 5.41) is 13.1. The first-order valence-corrected chi connectivity index (χ1v) is 13.4. The van der Waals surface area contributed by atoms with Crippen molar-refractivity contribution >= 4 is 33.4 Å². The Morgan fingerprint density at radius 2 is 1.97 bits per heavy atom. The van der Waals surface area contributed by atoms with Crippen LogP contribution in [0.3, 0.4) is 0 Å². The van der Waals surface area contributed by atoms with E-state index in [1.54, 1.807) is 13.1 Å². The van der Waals surface area contributed by atoms with Crippen molar-refractivity contribution in [2.24, 2.45) is 0 Å². The number of nitrogens with zero attached hydrogens (tertiary/aromatic N) is 1. The number of nitrogens with one attached hydrogen (secondary N) is 2. The molecule has 0 bridgehead atoms. The zero-order valence-electron chi connectivity index (χ0n) is 18.7. The Labute approximate surface area is 201 Å². The molecule has 1 aliphatic heterocycles. The maximum Gasteiger partial charge on any atom is 0.407 e. The standard InChI is InChI=1S/C22H27N3O7S2/c1-2-24-34(29,30)19-9-14(21(26)27)5-8-17(19)18-10-23-20(33-18)13-3-6-15(7-4-13)25-22(28)32-16-11-31-12-16/h5,8-10,13,15-16,24H,2-4,6-7,11-12H2,1H3,(H,25,28)(H,26,27)/t13-,15-. The first-order valence-electron chi connectivity index (χ1n) is 11.1. The summed E-state index contributed by atoms with van der Waals surface area (Å²) in [6.45, 7) is 2.74. The molecule has 1 amide bonds. The number of rotatable bonds is 8. The number of amides is 1. The van der Waals surface area contributed by atoms with Gasteiger partial charge in [-0.3, -0.25) is 0 Å². The number of carboxylic acids is 1. The third-order valence-corrected chi connectivity index (χ3v) is 8.70. The smallest absolute Gasteiger partial charge is 0.407 e. The quantitative estimate of drug-likeness (QED) is 0.493. The number of thiazole rings is 1. The monoisotopic (exact) mass is 509 g/mol. The Balaban J connectivity index is 1.45. The number of aromatic nitrogens is 1. The van der Waals surface area contributed by atoms with Gasteiger partial charge in [-0.1, -0.05) is 13.0 Å². The van der Waals surface area contributed by atoms with E-state index < -0.39 is 22.1 Å². The number of hydrogen-bond acceptors (Lipinski definition) is 8. The molecule has 10 nitrogen and oxygen atoms in total. The second kappa shape index (κ2) is 10.4. The van der Waals surface area contributed by atoms with Crippen molar-refractivity contribution in [1.82, 2.24) is 15.0 Å². The van der Waals surface area contributed by atoms with Gasteiger partial charge in [-0.15, -0.1) is 11.3 Å². The van der Waals surface area contributed by atoms with Gasteiger partial charge in [0.1, 0.15) is 0 Å². The summed E-state index contributed by atoms with van der Waals surface area (Å²) in [6, 6.07) is 4.14. The normalized spacial score (nSPS) is 21.0. The SMILES string of the molecule is CCNS(=O)(=O)c1cc(C(=O)O)ccc1-c1cnc([C@H]2CC[C@H](NC(=O)OC3COC3)CC2)s1. The van der Waals surface area contributed by atoms with E-state index in [0.717, 1.165) is 30.7 Å². The maximum atomic E-state index is 12.8. The van der Waals surface area contributed by atoms with Crippen LogP contribution in [0.25, 0.3) is 10.4 Å². The van der Waals surface area contributed by atoms with E-state index in [9.17, 15) is 23.1 Å². The van der Waals surface area contributed by atoms with Crippen LogP contribution in [-0.4, -0.2) is 62.5 Å². The van der Waals surface area contributed by atoms with Gasteiger partial charge in [0, 0.05) is 30.3 Å². The van der Waals surface area contributed by atoms with Gasteiger partial charge < -0.3 is 19.9 Å². The van der Waals surface area contributed by atoms with Crippen LogP contribution in [0.4, 0.5) is 4.79 Å². The summed E-state index contributed by atoms with van der Waals surface area (Å²) in [5.41, 5.74) is 0.326. The number of carboxylic acid groups (broad SMARTS) is 1. The molecule has 2 heterocycles. The van der Waals surface area contributed by atoms with Gasteiger partial charge in [0.05, 0.1) is 33.6 Å². The van der Waals surface area contributed by atoms with Crippen LogP contribution in [0.5, 0.6) is 0 Å². The first kappa shape index (κ1) is 24.6. The van der Waals surface area contributed by atoms with Gasteiger partial charge in [0.2, 0.25) is 10.0 Å². The summed E-state index contributed by atoms with van der Waals surface area (Å²) in [6.07, 6.45) is 4.34. The zero-order valence-corrected chi connectivity index (χ0v) is 20.3. The van der Waals surface area contributed by atoms with Gasteiger partial charge in [0.25, 0.3) is 0 Å². The van der Waals surface area contributed by atoms with E-state index in [2.05, 4.69) is 15.0 Å². The average Bonchev–Trinajstić information content (AvgIpc) is 3.26. The van der Waals surface area contributed by atoms with Gasteiger partial charge in [-0.05, 0) is 37.8 Å². The Hall–Kier alpha value is -2.54. The van der Waals surface area contributed by atoms with Gasteiger partial charge in [0.15, 0.2) is 6.10 Å². The van der Waals surface area contributed by atoms with Crippen LogP contribution in [0.1, 0.15) is 53.9 Å². The van der Waals surface area contributed by atoms with Crippen molar-refractivity contribution in [1.29, 1.82) is 0 Å². The molecule has 1 aromatic carbocycles. The molecule has 3 N–H and O–H groups in total. The number of alkyl carbamates (subject to hydrolysis) is 1. The fourth-order valence-corrected chi connectivity index (χ4v) is 6.55. The minimum Gasteiger partial charge on any atom is -0.478 e. The van der Waals surface area contributed by atoms with Crippen molar-refractivity contribution < 1.29 is 32.6 Å². The topological polar surface area (TPSA) is 144 Å². The lowest BCUT2D eigenvalue weighted by Gasteiger charge is -2.30. The van der Waals surface area contributed by atoms with Crippen molar-refractivity contribution in [3.05, 3.63) is 35.0 Å². The van der Waals surface area contributed by atoms with Crippen molar-refractivity contribution in [3.8, 4) is 10.4 Å². The largest absolute Gasteiger partial charge is 0.478 e. The van der Waals surface area contributed by atoms with Gasteiger partial charge in [-0.25, -0.2) is 27.7 Å². The molecule has 0 atom stereocenters. The van der Waals surface area contributed by atoms with E-state index in [4.69, 9.17) is 9.47 Å². The summed E-state index contributed by atoms with van der Waals surface area (Å²) in [7, 11) is -3.88. The molecule has 0 spiro atoms. The molecule has 1 aliphatic carbocycles. The van der Waals surface area contributed by atoms with Crippen LogP contribution in [0, 0.1) is 0 Å². The molecular formula is C22H27N3O7S2. The van der Waals surface area contributed by atoms with Gasteiger partial charge in [-0.2, -0.15) is 0 Å². The zero-order chi connectivity index (χ0) is 24.3. The van der Waals surface area contributed by atoms with Crippen molar-refractivity contribution in [2.75, 3.05) is 19.8 Å². The molecule has 0 radical (unpaired) electrons. The van der Waals surface area contributed by atoms with Crippen molar-refractivity contribution in [2.45, 2.75) is 55.6 Å². The minimum atomic E-state index is -3.88. The second-order valence-electron chi connectivity index (χ2n) is 8.34. The lowest BCUT2D eigenvalue weighted by Crippen LogP contribution is -2.44. The lowest BCUT2D eigenvalue weighted by molar-refractivity contribution is -0.0985. The molecular weight excluding hydrogens is 482 g/mol. The molecule has 2 fully saturated rings. The predicted molar refractivity (Wildman–Crippen MR) is 125 cm³/mol. The van der Waals surface area contributed by atoms with Crippen LogP contribution < -0.4 is 10.0 Å². The highest BCUT2D eigenvalue weighted by Crippen LogP contribution is 2.39. The third-order valence-electron chi connectivity index (χ3n) is 5.92. The molecule has 1 aromatic heterocycles. The number of hydrogen-bond donors (Lipinski definition) is 3. The van der Waals surface area contributed by atoms with Crippen LogP contribution in [0.15, 0.2) is 29.3 Å². The molecule has 34 heavy (non-hydrogen) atoms. The highest BCUT2D eigenvalue weighted by atomic mass is 32.2. The van der Waals surface area contributed by atoms with E-state index in [1.165, 1.54) is 29.5 Å². The number of carbonyl (C=O) groups is 2. The summed E-state index contributed by atoms with van der Waals surface area (Å²) >= 11 is 1.41. The Bertz CT molecular complexity index is 1150. The molecule has 12 heteroatoms. The average molecular weight is 510 g/mol. The number of sulfonamides is 1. The summed E-state index contributed by atoms with van der Waals surface area (Å²) in [4.78, 5) is 28.5. The molecule has 4 rings (SSSR count). The number of carbonyl (C=O) groups excluding carboxylic acids is 1. The Morgan fingerprint density at radius 1 is 1.24 bits per heavy atom. The maximum absolute atomic E-state index is 12.8. The fourth-order valence-electron chi connectivity index (χ4n) is 4.07. The van der Waals surface area contributed by atoms with E-state index in [0.29, 0.717) is 23.7 Å². The Kier molecular flexibility index (Phi) is 7.51. The summed E-state index contributed by atoms with van der Waals surface area (Å²) < 4.78 is 38.2. The lowest BCUT2D eigenvalue weighted by atomic mass is 9.86. The molecule has 184 valence electrons. The number of benzene rings is 1. The number of aromatic carboxylic acids is 1. The van der Waals surface area contributed by atoms with E-state index in [-0.39, 0.29) is 35.1 Å². The fraction of sp³-hybridized carbons (Fsp3) is 0.500. The van der Waals surface area contributed by atoms with E-state index >= 15 is 0 Å². The number of ether oxygens (including phenoxy) is 2. The van der Waals surface area contributed by atoms with Crippen LogP contribution in [-0.2, 0) is 19.5 Å². The van der Waals surface area contributed by atoms with Crippen LogP contribution in [0.2, 0.25) is 0 Å². The highest BCUT2D eigenvalue weighted by molar-refractivity contribution is 7.89. The van der Waals surface area contributed by atoms with E-state index in [1.807, 2.05) is 0 Å². The first-order chi connectivity index (χ1) is 16.3. The predicted octanol–water partition coefficient (Wildman–Crippen LogP) is 2.96. The molecule has 1 saturated carbocycles. The molecule has 2 aliphatic rings. The van der Waals surface area contributed by atoms with Gasteiger partial charge >= 0.3 is 12.1 Å². The Morgan fingerprint density at radius 3 is 2.59 bits per heavy atom. The highest BCUT2D eigenvalue weighted by Gasteiger charge is 2.29. The third kappa shape index (κ3) is 5.57. The van der Waals surface area contributed by atoms with Crippen LogP contribution >= 0.6 is 11.3 Å². The second-order valence-corrected chi connectivity index (χ2v) is 11.1. The molecule has 2 aromatic rings. The molecule has 0 unspecified atom stereocenters. The minimum absolute atomic E-state index is 0.0459. The molecule has 1 saturated heterocycles. The summed E-state index contributed by atoms with van der Waals surface area (Å²) in [5.74, 6) is -0.986. The van der Waals surface area contributed by atoms with Crippen molar-refractivity contribution in [3.63, 3.8) is 0 Å².